The summed E-state index contributed by atoms with van der Waals surface area (Å²) >= 11 is 0. The van der Waals surface area contributed by atoms with Crippen molar-refractivity contribution in [1.29, 1.82) is 0 Å². The summed E-state index contributed by atoms with van der Waals surface area (Å²) in [6.07, 6.45) is 0. The third-order valence-corrected chi connectivity index (χ3v) is 3.16. The van der Waals surface area contributed by atoms with E-state index < -0.39 is 0 Å². The fourth-order valence-electron chi connectivity index (χ4n) is 1.96. The summed E-state index contributed by atoms with van der Waals surface area (Å²) in [4.78, 5) is 6.55. The third kappa shape index (κ3) is 3.88. The number of hydrogen-bond donors (Lipinski definition) is 1. The van der Waals surface area contributed by atoms with E-state index in [1.165, 1.54) is 5.56 Å². The number of nitrogen functional groups attached to an aromatic ring is 1. The standard InChI is InChI=1S/C17H23N3O/c1-12(2)11-21-17-15(18)8-9-16(19-17)20(4)14-7-5-6-13(3)10-14/h5-10,12H,11,18H2,1-4H3. The van der Waals surface area contributed by atoms with Gasteiger partial charge in [-0.3, -0.25) is 0 Å². The largest absolute Gasteiger partial charge is 0.476 e. The molecule has 4 heteroatoms. The van der Waals surface area contributed by atoms with Gasteiger partial charge in [0.15, 0.2) is 0 Å². The second-order valence-electron chi connectivity index (χ2n) is 5.67. The highest BCUT2D eigenvalue weighted by molar-refractivity contribution is 5.63. The lowest BCUT2D eigenvalue weighted by Gasteiger charge is -2.20. The van der Waals surface area contributed by atoms with Crippen LogP contribution in [0.2, 0.25) is 0 Å². The van der Waals surface area contributed by atoms with Crippen molar-refractivity contribution in [2.45, 2.75) is 20.8 Å². The Kier molecular flexibility index (Phi) is 4.68. The molecule has 0 bridgehead atoms. The first-order valence-corrected chi connectivity index (χ1v) is 7.17. The molecule has 0 amide bonds. The smallest absolute Gasteiger partial charge is 0.239 e. The average Bonchev–Trinajstić information content (AvgIpc) is 2.45. The molecule has 0 unspecified atom stereocenters. The van der Waals surface area contributed by atoms with Crippen LogP contribution in [0.3, 0.4) is 0 Å². The molecule has 0 aliphatic carbocycles. The van der Waals surface area contributed by atoms with Gasteiger partial charge in [-0.15, -0.1) is 0 Å². The zero-order chi connectivity index (χ0) is 15.4. The van der Waals surface area contributed by atoms with Crippen LogP contribution >= 0.6 is 0 Å². The van der Waals surface area contributed by atoms with Crippen LogP contribution in [-0.4, -0.2) is 18.6 Å². The molecule has 0 radical (unpaired) electrons. The maximum Gasteiger partial charge on any atom is 0.239 e. The lowest BCUT2D eigenvalue weighted by atomic mass is 10.2. The number of rotatable bonds is 5. The highest BCUT2D eigenvalue weighted by atomic mass is 16.5. The Morgan fingerprint density at radius 1 is 1.24 bits per heavy atom. The van der Waals surface area contributed by atoms with Gasteiger partial charge in [0.1, 0.15) is 5.82 Å². The minimum absolute atomic E-state index is 0.435. The van der Waals surface area contributed by atoms with E-state index in [1.807, 2.05) is 30.1 Å². The van der Waals surface area contributed by atoms with Crippen molar-refractivity contribution >= 4 is 17.2 Å². The normalized spacial score (nSPS) is 10.7. The van der Waals surface area contributed by atoms with Crippen molar-refractivity contribution in [3.8, 4) is 5.88 Å². The molecule has 0 aliphatic rings. The van der Waals surface area contributed by atoms with Gasteiger partial charge in [-0.2, -0.15) is 4.98 Å². The Hall–Kier alpha value is -2.23. The Balaban J connectivity index is 2.25. The first-order valence-electron chi connectivity index (χ1n) is 7.17. The molecule has 2 aromatic rings. The molecule has 1 aromatic carbocycles. The molecule has 0 aliphatic heterocycles. The number of ether oxygens (including phenoxy) is 1. The minimum atomic E-state index is 0.435. The van der Waals surface area contributed by atoms with Crippen LogP contribution in [0.25, 0.3) is 0 Å². The number of nitrogens with zero attached hydrogens (tertiary/aromatic N) is 2. The van der Waals surface area contributed by atoms with E-state index in [0.717, 1.165) is 11.5 Å². The van der Waals surface area contributed by atoms with Gasteiger partial charge >= 0.3 is 0 Å². The first-order chi connectivity index (χ1) is 9.97. The van der Waals surface area contributed by atoms with E-state index in [-0.39, 0.29) is 0 Å². The highest BCUT2D eigenvalue weighted by Gasteiger charge is 2.10. The maximum absolute atomic E-state index is 5.93. The second-order valence-corrected chi connectivity index (χ2v) is 5.67. The van der Waals surface area contributed by atoms with Gasteiger partial charge in [-0.1, -0.05) is 26.0 Å². The van der Waals surface area contributed by atoms with Gasteiger partial charge in [-0.25, -0.2) is 0 Å². The number of hydrogen-bond acceptors (Lipinski definition) is 4. The molecule has 2 rings (SSSR count). The van der Waals surface area contributed by atoms with E-state index in [0.29, 0.717) is 24.1 Å². The number of aromatic nitrogens is 1. The third-order valence-electron chi connectivity index (χ3n) is 3.16. The summed E-state index contributed by atoms with van der Waals surface area (Å²) in [6.45, 7) is 6.87. The predicted molar refractivity (Wildman–Crippen MR) is 88.2 cm³/mol. The summed E-state index contributed by atoms with van der Waals surface area (Å²) in [5.41, 5.74) is 8.80. The van der Waals surface area contributed by atoms with E-state index in [2.05, 4.69) is 44.0 Å². The molecule has 0 saturated heterocycles. The number of nitrogens with two attached hydrogens (primary N) is 1. The quantitative estimate of drug-likeness (QED) is 0.908. The van der Waals surface area contributed by atoms with E-state index in [1.54, 1.807) is 0 Å². The molecule has 4 nitrogen and oxygen atoms in total. The monoisotopic (exact) mass is 285 g/mol. The fraction of sp³-hybridized carbons (Fsp3) is 0.353. The summed E-state index contributed by atoms with van der Waals surface area (Å²) in [5.74, 6) is 1.75. The van der Waals surface area contributed by atoms with Crippen LogP contribution in [0.15, 0.2) is 36.4 Å². The van der Waals surface area contributed by atoms with Gasteiger partial charge < -0.3 is 15.4 Å². The summed E-state index contributed by atoms with van der Waals surface area (Å²) < 4.78 is 5.69. The second kappa shape index (κ2) is 6.48. The zero-order valence-corrected chi connectivity index (χ0v) is 13.1. The average molecular weight is 285 g/mol. The topological polar surface area (TPSA) is 51.4 Å². The Morgan fingerprint density at radius 3 is 2.67 bits per heavy atom. The molecule has 21 heavy (non-hydrogen) atoms. The molecule has 0 spiro atoms. The van der Waals surface area contributed by atoms with Crippen LogP contribution < -0.4 is 15.4 Å². The molecule has 0 atom stereocenters. The summed E-state index contributed by atoms with van der Waals surface area (Å²) in [5, 5.41) is 0. The van der Waals surface area contributed by atoms with Crippen LogP contribution in [-0.2, 0) is 0 Å². The Morgan fingerprint density at radius 2 is 2.00 bits per heavy atom. The van der Waals surface area contributed by atoms with Gasteiger partial charge in [0.2, 0.25) is 5.88 Å². The fourth-order valence-corrected chi connectivity index (χ4v) is 1.96. The Labute approximate surface area is 126 Å². The maximum atomic E-state index is 5.93. The van der Waals surface area contributed by atoms with E-state index in [4.69, 9.17) is 10.5 Å². The van der Waals surface area contributed by atoms with Crippen molar-refractivity contribution in [3.05, 3.63) is 42.0 Å². The van der Waals surface area contributed by atoms with Gasteiger partial charge in [0, 0.05) is 12.7 Å². The van der Waals surface area contributed by atoms with Crippen molar-refractivity contribution in [2.24, 2.45) is 5.92 Å². The van der Waals surface area contributed by atoms with Crippen LogP contribution in [0.4, 0.5) is 17.2 Å². The first kappa shape index (κ1) is 15.2. The molecule has 0 fully saturated rings. The molecular weight excluding hydrogens is 262 g/mol. The Bertz CT molecular complexity index is 611. The number of pyridine rings is 1. The van der Waals surface area contributed by atoms with Crippen LogP contribution in [0.1, 0.15) is 19.4 Å². The summed E-state index contributed by atoms with van der Waals surface area (Å²) in [6, 6.07) is 12.0. The number of benzene rings is 1. The van der Waals surface area contributed by atoms with Gasteiger partial charge in [-0.05, 0) is 42.7 Å². The van der Waals surface area contributed by atoms with E-state index >= 15 is 0 Å². The molecule has 1 heterocycles. The SMILES string of the molecule is Cc1cccc(N(C)c2ccc(N)c(OCC(C)C)n2)c1. The van der Waals surface area contributed by atoms with Gasteiger partial charge in [0.25, 0.3) is 0 Å². The molecule has 0 saturated carbocycles. The van der Waals surface area contributed by atoms with Crippen molar-refractivity contribution in [1.82, 2.24) is 4.98 Å². The van der Waals surface area contributed by atoms with Crippen LogP contribution in [0.5, 0.6) is 5.88 Å². The zero-order valence-electron chi connectivity index (χ0n) is 13.1. The van der Waals surface area contributed by atoms with Crippen molar-refractivity contribution in [3.63, 3.8) is 0 Å². The molecular formula is C17H23N3O. The van der Waals surface area contributed by atoms with E-state index in [9.17, 15) is 0 Å². The van der Waals surface area contributed by atoms with Crippen LogP contribution in [0, 0.1) is 12.8 Å². The molecule has 1 aromatic heterocycles. The van der Waals surface area contributed by atoms with Crippen molar-refractivity contribution in [2.75, 3.05) is 24.3 Å². The van der Waals surface area contributed by atoms with Crippen molar-refractivity contribution < 1.29 is 4.74 Å². The van der Waals surface area contributed by atoms with Gasteiger partial charge in [0.05, 0.1) is 12.3 Å². The highest BCUT2D eigenvalue weighted by Crippen LogP contribution is 2.27. The number of aryl methyl sites for hydroxylation is 1. The number of anilines is 3. The lowest BCUT2D eigenvalue weighted by Crippen LogP contribution is -2.13. The molecule has 112 valence electrons. The summed E-state index contributed by atoms with van der Waals surface area (Å²) in [7, 11) is 1.99. The predicted octanol–water partition coefficient (Wildman–Crippen LogP) is 3.77. The lowest BCUT2D eigenvalue weighted by molar-refractivity contribution is 0.263. The minimum Gasteiger partial charge on any atom is -0.476 e. The molecule has 2 N–H and O–H groups in total.